The molecule has 0 unspecified atom stereocenters. The molecule has 0 bridgehead atoms. The van der Waals surface area contributed by atoms with Crippen molar-refractivity contribution in [3.8, 4) is 11.6 Å². The average Bonchev–Trinajstić information content (AvgIpc) is 2.56. The van der Waals surface area contributed by atoms with Gasteiger partial charge in [0.15, 0.2) is 5.16 Å². The first-order valence-electron chi connectivity index (χ1n) is 7.76. The van der Waals surface area contributed by atoms with Crippen molar-refractivity contribution in [3.05, 3.63) is 45.7 Å². The molecule has 2 heterocycles. The number of aryl methyl sites for hydroxylation is 1. The second kappa shape index (κ2) is 6.57. The lowest BCUT2D eigenvalue weighted by Crippen LogP contribution is -2.29. The number of ether oxygens (including phenoxy) is 1. The topological polar surface area (TPSA) is 44.1 Å². The third-order valence-corrected chi connectivity index (χ3v) is 4.91. The molecule has 0 amide bonds. The zero-order valence-electron chi connectivity index (χ0n) is 13.0. The smallest absolute Gasteiger partial charge is 0.261 e. The van der Waals surface area contributed by atoms with Gasteiger partial charge in [-0.3, -0.25) is 9.36 Å². The number of fused-ring (bicyclic) bond motifs is 1. The van der Waals surface area contributed by atoms with E-state index in [1.165, 1.54) is 5.56 Å². The highest BCUT2D eigenvalue weighted by molar-refractivity contribution is 7.99. The van der Waals surface area contributed by atoms with E-state index in [-0.39, 0.29) is 5.56 Å². The molecular weight excluding hydrogens is 296 g/mol. The lowest BCUT2D eigenvalue weighted by atomic mass is 10.2. The Bertz CT molecular complexity index is 723. The van der Waals surface area contributed by atoms with Gasteiger partial charge in [-0.1, -0.05) is 37.7 Å². The third kappa shape index (κ3) is 2.90. The van der Waals surface area contributed by atoms with Crippen LogP contribution in [-0.4, -0.2) is 15.3 Å². The fourth-order valence-corrected chi connectivity index (χ4v) is 3.47. The van der Waals surface area contributed by atoms with Crippen molar-refractivity contribution in [2.75, 3.05) is 5.75 Å². The van der Waals surface area contributed by atoms with Gasteiger partial charge in [-0.15, -0.1) is 0 Å². The van der Waals surface area contributed by atoms with Crippen LogP contribution in [-0.2, 0) is 19.4 Å². The summed E-state index contributed by atoms with van der Waals surface area (Å²) >= 11 is 1.62. The Labute approximate surface area is 134 Å². The molecule has 0 radical (unpaired) electrons. The van der Waals surface area contributed by atoms with Crippen molar-refractivity contribution in [2.45, 2.75) is 44.8 Å². The molecule has 0 aliphatic carbocycles. The lowest BCUT2D eigenvalue weighted by Gasteiger charge is -2.19. The Hall–Kier alpha value is -1.75. The molecule has 0 atom stereocenters. The SMILES string of the molecule is CCc1ccc(Oc2nc3n(c(=O)c2CC)CCCS3)cc1. The van der Waals surface area contributed by atoms with Crippen LogP contribution in [0.15, 0.2) is 34.2 Å². The minimum absolute atomic E-state index is 0.0416. The Kier molecular flexibility index (Phi) is 4.52. The number of hydrogen-bond donors (Lipinski definition) is 0. The van der Waals surface area contributed by atoms with Gasteiger partial charge in [0.25, 0.3) is 5.56 Å². The number of thioether (sulfide) groups is 1. The summed E-state index contributed by atoms with van der Waals surface area (Å²) in [5.41, 5.74) is 1.96. The van der Waals surface area contributed by atoms with E-state index >= 15 is 0 Å². The normalized spacial score (nSPS) is 13.7. The fraction of sp³-hybridized carbons (Fsp3) is 0.412. The van der Waals surface area contributed by atoms with Crippen molar-refractivity contribution < 1.29 is 4.74 Å². The Balaban J connectivity index is 1.98. The van der Waals surface area contributed by atoms with Crippen LogP contribution in [0.25, 0.3) is 0 Å². The molecule has 1 aromatic heterocycles. The molecule has 1 aromatic carbocycles. The van der Waals surface area contributed by atoms with E-state index in [0.29, 0.717) is 17.9 Å². The number of rotatable bonds is 4. The average molecular weight is 316 g/mol. The van der Waals surface area contributed by atoms with E-state index in [1.807, 2.05) is 31.2 Å². The molecule has 4 nitrogen and oxygen atoms in total. The van der Waals surface area contributed by atoms with Crippen LogP contribution < -0.4 is 10.3 Å². The molecule has 0 N–H and O–H groups in total. The quantitative estimate of drug-likeness (QED) is 0.808. The second-order valence-corrected chi connectivity index (χ2v) is 6.35. The van der Waals surface area contributed by atoms with Gasteiger partial charge in [-0.25, -0.2) is 0 Å². The first-order chi connectivity index (χ1) is 10.7. The van der Waals surface area contributed by atoms with Crippen LogP contribution in [0.4, 0.5) is 0 Å². The van der Waals surface area contributed by atoms with Gasteiger partial charge in [0.1, 0.15) is 5.75 Å². The van der Waals surface area contributed by atoms with E-state index in [4.69, 9.17) is 4.74 Å². The molecule has 0 spiro atoms. The largest absolute Gasteiger partial charge is 0.438 e. The monoisotopic (exact) mass is 316 g/mol. The van der Waals surface area contributed by atoms with E-state index in [2.05, 4.69) is 11.9 Å². The summed E-state index contributed by atoms with van der Waals surface area (Å²) in [5.74, 6) is 2.18. The number of benzene rings is 1. The van der Waals surface area contributed by atoms with Crippen LogP contribution in [0.5, 0.6) is 11.6 Å². The first kappa shape index (κ1) is 15.2. The number of hydrogen-bond acceptors (Lipinski definition) is 4. The van der Waals surface area contributed by atoms with Crippen molar-refractivity contribution in [2.24, 2.45) is 0 Å². The second-order valence-electron chi connectivity index (χ2n) is 5.29. The standard InChI is InChI=1S/C17H20N2O2S/c1-3-12-6-8-13(9-7-12)21-15-14(4-2)16(20)19-10-5-11-22-17(19)18-15/h6-9H,3-5,10-11H2,1-2H3. The Morgan fingerprint density at radius 1 is 1.23 bits per heavy atom. The van der Waals surface area contributed by atoms with E-state index < -0.39 is 0 Å². The number of aromatic nitrogens is 2. The van der Waals surface area contributed by atoms with Crippen LogP contribution in [0, 0.1) is 0 Å². The van der Waals surface area contributed by atoms with Crippen molar-refractivity contribution in [1.82, 2.24) is 9.55 Å². The molecule has 1 aliphatic heterocycles. The molecule has 0 fully saturated rings. The van der Waals surface area contributed by atoms with Gasteiger partial charge in [-0.2, -0.15) is 4.98 Å². The van der Waals surface area contributed by atoms with Crippen molar-refractivity contribution in [3.63, 3.8) is 0 Å². The minimum Gasteiger partial charge on any atom is -0.438 e. The summed E-state index contributed by atoms with van der Waals surface area (Å²) in [6.07, 6.45) is 2.63. The van der Waals surface area contributed by atoms with Gasteiger partial charge in [0.05, 0.1) is 5.56 Å². The molecule has 5 heteroatoms. The molecule has 1 aliphatic rings. The van der Waals surface area contributed by atoms with Crippen LogP contribution >= 0.6 is 11.8 Å². The van der Waals surface area contributed by atoms with Crippen LogP contribution in [0.1, 0.15) is 31.4 Å². The third-order valence-electron chi connectivity index (χ3n) is 3.85. The van der Waals surface area contributed by atoms with Crippen LogP contribution in [0.2, 0.25) is 0 Å². The molecule has 22 heavy (non-hydrogen) atoms. The molecule has 2 aromatic rings. The van der Waals surface area contributed by atoms with Crippen molar-refractivity contribution >= 4 is 11.8 Å². The van der Waals surface area contributed by atoms with Gasteiger partial charge >= 0.3 is 0 Å². The summed E-state index contributed by atoms with van der Waals surface area (Å²) in [6, 6.07) is 7.95. The van der Waals surface area contributed by atoms with E-state index in [9.17, 15) is 4.79 Å². The Morgan fingerprint density at radius 2 is 2.00 bits per heavy atom. The highest BCUT2D eigenvalue weighted by Gasteiger charge is 2.19. The lowest BCUT2D eigenvalue weighted by molar-refractivity contribution is 0.430. The zero-order valence-corrected chi connectivity index (χ0v) is 13.8. The van der Waals surface area contributed by atoms with Gasteiger partial charge in [0, 0.05) is 12.3 Å². The fourth-order valence-electron chi connectivity index (χ4n) is 2.54. The highest BCUT2D eigenvalue weighted by atomic mass is 32.2. The molecule has 0 saturated carbocycles. The van der Waals surface area contributed by atoms with Gasteiger partial charge in [0.2, 0.25) is 5.88 Å². The van der Waals surface area contributed by atoms with E-state index in [1.54, 1.807) is 16.3 Å². The maximum Gasteiger partial charge on any atom is 0.261 e. The molecular formula is C17H20N2O2S. The Morgan fingerprint density at radius 3 is 2.68 bits per heavy atom. The zero-order chi connectivity index (χ0) is 15.5. The maximum atomic E-state index is 12.6. The summed E-state index contributed by atoms with van der Waals surface area (Å²) in [7, 11) is 0. The van der Waals surface area contributed by atoms with Crippen molar-refractivity contribution in [1.29, 1.82) is 0 Å². The summed E-state index contributed by atoms with van der Waals surface area (Å²) in [5, 5.41) is 0.772. The van der Waals surface area contributed by atoms with Gasteiger partial charge in [-0.05, 0) is 37.0 Å². The molecule has 0 saturated heterocycles. The summed E-state index contributed by atoms with van der Waals surface area (Å²) < 4.78 is 7.69. The minimum atomic E-state index is 0.0416. The summed E-state index contributed by atoms with van der Waals surface area (Å²) in [6.45, 7) is 4.84. The molecule has 3 rings (SSSR count). The maximum absolute atomic E-state index is 12.6. The van der Waals surface area contributed by atoms with Crippen LogP contribution in [0.3, 0.4) is 0 Å². The highest BCUT2D eigenvalue weighted by Crippen LogP contribution is 2.28. The van der Waals surface area contributed by atoms with E-state index in [0.717, 1.165) is 36.0 Å². The summed E-state index contributed by atoms with van der Waals surface area (Å²) in [4.78, 5) is 17.2. The number of nitrogens with zero attached hydrogens (tertiary/aromatic N) is 2. The predicted molar refractivity (Wildman–Crippen MR) is 89.1 cm³/mol. The predicted octanol–water partition coefficient (Wildman–Crippen LogP) is 3.66. The first-order valence-corrected chi connectivity index (χ1v) is 8.74. The van der Waals surface area contributed by atoms with Gasteiger partial charge < -0.3 is 4.74 Å². The molecule has 116 valence electrons.